The highest BCUT2D eigenvalue weighted by Crippen LogP contribution is 2.27. The number of carbonyl (C=O) groups is 3. The Morgan fingerprint density at radius 3 is 2.79 bits per heavy atom. The quantitative estimate of drug-likeness (QED) is 0.533. The van der Waals surface area contributed by atoms with Crippen LogP contribution in [0.4, 0.5) is 0 Å². The van der Waals surface area contributed by atoms with Gasteiger partial charge in [-0.25, -0.2) is 9.59 Å². The van der Waals surface area contributed by atoms with E-state index in [4.69, 9.17) is 9.47 Å². The molecule has 106 valence electrons. The van der Waals surface area contributed by atoms with Crippen molar-refractivity contribution in [3.63, 3.8) is 0 Å². The largest absolute Gasteiger partial charge is 0.451 e. The highest BCUT2D eigenvalue weighted by Gasteiger charge is 2.36. The Kier molecular flexibility index (Phi) is 5.54. The van der Waals surface area contributed by atoms with E-state index in [-0.39, 0.29) is 11.9 Å². The first-order valence-electron chi connectivity index (χ1n) is 6.11. The molecule has 0 aromatic carbocycles. The van der Waals surface area contributed by atoms with Gasteiger partial charge in [0.05, 0.1) is 5.92 Å². The molecule has 1 rings (SSSR count). The van der Waals surface area contributed by atoms with Crippen molar-refractivity contribution >= 4 is 17.9 Å². The third-order valence-corrected chi connectivity index (χ3v) is 2.58. The lowest BCUT2D eigenvalue weighted by atomic mass is 9.96. The molecule has 0 aromatic rings. The van der Waals surface area contributed by atoms with Gasteiger partial charge in [0.15, 0.2) is 6.61 Å². The number of carbonyl (C=O) groups excluding carboxylic acids is 3. The molecule has 0 radical (unpaired) electrons. The molecule has 6 nitrogen and oxygen atoms in total. The molecular formula is C13H18O6. The minimum atomic E-state index is -0.883. The molecule has 0 aliphatic carbocycles. The van der Waals surface area contributed by atoms with Crippen LogP contribution in [0.1, 0.15) is 26.7 Å². The minimum Gasteiger partial charge on any atom is -0.451 e. The summed E-state index contributed by atoms with van der Waals surface area (Å²) in [4.78, 5) is 33.6. The Morgan fingerprint density at radius 2 is 2.21 bits per heavy atom. The number of hydrogen-bond acceptors (Lipinski definition) is 6. The average molecular weight is 270 g/mol. The van der Waals surface area contributed by atoms with Gasteiger partial charge in [0.1, 0.15) is 0 Å². The molecule has 1 aliphatic heterocycles. The smallest absolute Gasteiger partial charge is 0.347 e. The third kappa shape index (κ3) is 5.11. The Morgan fingerprint density at radius 1 is 1.53 bits per heavy atom. The maximum Gasteiger partial charge on any atom is 0.347 e. The van der Waals surface area contributed by atoms with Crippen LogP contribution in [0.3, 0.4) is 0 Å². The molecule has 2 atom stereocenters. The Balaban J connectivity index is 2.34. The highest BCUT2D eigenvalue weighted by atomic mass is 16.7. The predicted molar refractivity (Wildman–Crippen MR) is 64.7 cm³/mol. The van der Waals surface area contributed by atoms with Crippen LogP contribution in [0.25, 0.3) is 0 Å². The van der Waals surface area contributed by atoms with Crippen LogP contribution in [0.5, 0.6) is 0 Å². The number of hydrogen-bond donors (Lipinski definition) is 0. The van der Waals surface area contributed by atoms with Crippen LogP contribution in [-0.2, 0) is 28.6 Å². The van der Waals surface area contributed by atoms with Gasteiger partial charge >= 0.3 is 17.9 Å². The third-order valence-electron chi connectivity index (χ3n) is 2.58. The molecule has 0 aromatic heterocycles. The zero-order valence-corrected chi connectivity index (χ0v) is 11.1. The molecule has 6 heteroatoms. The van der Waals surface area contributed by atoms with E-state index in [0.29, 0.717) is 18.8 Å². The zero-order chi connectivity index (χ0) is 14.4. The fraction of sp³-hybridized carbons (Fsp3) is 0.615. The van der Waals surface area contributed by atoms with Crippen LogP contribution < -0.4 is 0 Å². The average Bonchev–Trinajstić information content (AvgIpc) is 2.65. The van der Waals surface area contributed by atoms with E-state index in [1.54, 1.807) is 0 Å². The normalized spacial score (nSPS) is 21.9. The fourth-order valence-corrected chi connectivity index (χ4v) is 1.81. The van der Waals surface area contributed by atoms with Gasteiger partial charge in [0.25, 0.3) is 0 Å². The number of esters is 3. The molecule has 1 fully saturated rings. The van der Waals surface area contributed by atoms with Gasteiger partial charge in [-0.05, 0) is 12.3 Å². The number of rotatable bonds is 6. The van der Waals surface area contributed by atoms with E-state index in [2.05, 4.69) is 11.3 Å². The molecule has 2 unspecified atom stereocenters. The summed E-state index contributed by atoms with van der Waals surface area (Å²) >= 11 is 0. The Labute approximate surface area is 111 Å². The van der Waals surface area contributed by atoms with Crippen LogP contribution in [-0.4, -0.2) is 30.8 Å². The molecule has 1 saturated heterocycles. The van der Waals surface area contributed by atoms with Crippen molar-refractivity contribution in [2.75, 3.05) is 6.61 Å². The van der Waals surface area contributed by atoms with E-state index in [9.17, 15) is 14.4 Å². The lowest BCUT2D eigenvalue weighted by Crippen LogP contribution is -2.22. The topological polar surface area (TPSA) is 78.9 Å². The van der Waals surface area contributed by atoms with Crippen molar-refractivity contribution in [3.8, 4) is 0 Å². The van der Waals surface area contributed by atoms with Crippen molar-refractivity contribution < 1.29 is 28.6 Å². The second-order valence-electron chi connectivity index (χ2n) is 4.73. The molecule has 0 N–H and O–H groups in total. The maximum atomic E-state index is 11.5. The van der Waals surface area contributed by atoms with Crippen molar-refractivity contribution in [2.24, 2.45) is 11.8 Å². The first-order valence-corrected chi connectivity index (χ1v) is 6.11. The van der Waals surface area contributed by atoms with Crippen LogP contribution in [0.2, 0.25) is 0 Å². The standard InChI is InChI=1S/C13H18O6/c1-4-10(14)17-7-11(15)18-12-6-9(5-8(2)3)13(16)19-12/h4,8-9,12H,1,5-7H2,2-3H3. The first kappa shape index (κ1) is 15.2. The maximum absolute atomic E-state index is 11.5. The molecule has 0 spiro atoms. The summed E-state index contributed by atoms with van der Waals surface area (Å²) in [6.45, 7) is 6.68. The molecule has 1 aliphatic rings. The van der Waals surface area contributed by atoms with Crippen LogP contribution >= 0.6 is 0 Å². The van der Waals surface area contributed by atoms with E-state index >= 15 is 0 Å². The summed E-state index contributed by atoms with van der Waals surface area (Å²) in [5, 5.41) is 0. The monoisotopic (exact) mass is 270 g/mol. The summed E-state index contributed by atoms with van der Waals surface area (Å²) in [6.07, 6.45) is 1.10. The van der Waals surface area contributed by atoms with Gasteiger partial charge in [-0.2, -0.15) is 0 Å². The predicted octanol–water partition coefficient (Wildman–Crippen LogP) is 1.19. The second-order valence-corrected chi connectivity index (χ2v) is 4.73. The van der Waals surface area contributed by atoms with Gasteiger partial charge in [-0.1, -0.05) is 20.4 Å². The van der Waals surface area contributed by atoms with Crippen molar-refractivity contribution in [3.05, 3.63) is 12.7 Å². The summed E-state index contributed by atoms with van der Waals surface area (Å²) in [5.41, 5.74) is 0. The van der Waals surface area contributed by atoms with Crippen molar-refractivity contribution in [1.82, 2.24) is 0 Å². The zero-order valence-electron chi connectivity index (χ0n) is 11.1. The van der Waals surface area contributed by atoms with Crippen molar-refractivity contribution in [2.45, 2.75) is 33.0 Å². The summed E-state index contributed by atoms with van der Waals surface area (Å²) in [6, 6.07) is 0. The SMILES string of the molecule is C=CC(=O)OCC(=O)OC1CC(CC(C)C)C(=O)O1. The van der Waals surface area contributed by atoms with Gasteiger partial charge in [-0.3, -0.25) is 4.79 Å². The summed E-state index contributed by atoms with van der Waals surface area (Å²) in [7, 11) is 0. The molecule has 0 saturated carbocycles. The van der Waals surface area contributed by atoms with E-state index in [1.165, 1.54) is 0 Å². The second kappa shape index (κ2) is 6.92. The Hall–Kier alpha value is -1.85. The number of ether oxygens (including phenoxy) is 3. The van der Waals surface area contributed by atoms with Gasteiger partial charge in [0.2, 0.25) is 6.29 Å². The lowest BCUT2D eigenvalue weighted by molar-refractivity contribution is -0.182. The lowest BCUT2D eigenvalue weighted by Gasteiger charge is -2.10. The van der Waals surface area contributed by atoms with Crippen LogP contribution in [0, 0.1) is 11.8 Å². The first-order chi connectivity index (χ1) is 8.92. The van der Waals surface area contributed by atoms with Gasteiger partial charge < -0.3 is 14.2 Å². The summed E-state index contributed by atoms with van der Waals surface area (Å²) in [5.74, 6) is -1.69. The van der Waals surface area contributed by atoms with Crippen molar-refractivity contribution in [1.29, 1.82) is 0 Å². The molecule has 1 heterocycles. The minimum absolute atomic E-state index is 0.242. The van der Waals surface area contributed by atoms with Gasteiger partial charge in [0, 0.05) is 12.5 Å². The van der Waals surface area contributed by atoms with E-state index < -0.39 is 24.8 Å². The fourth-order valence-electron chi connectivity index (χ4n) is 1.81. The Bertz CT molecular complexity index is 373. The molecular weight excluding hydrogens is 252 g/mol. The van der Waals surface area contributed by atoms with E-state index in [1.807, 2.05) is 13.8 Å². The highest BCUT2D eigenvalue weighted by molar-refractivity contribution is 5.83. The molecule has 0 bridgehead atoms. The van der Waals surface area contributed by atoms with Gasteiger partial charge in [-0.15, -0.1) is 0 Å². The summed E-state index contributed by atoms with van der Waals surface area (Å²) < 4.78 is 14.3. The van der Waals surface area contributed by atoms with E-state index in [0.717, 1.165) is 6.08 Å². The molecule has 0 amide bonds. The molecule has 19 heavy (non-hydrogen) atoms. The van der Waals surface area contributed by atoms with Crippen LogP contribution in [0.15, 0.2) is 12.7 Å². The number of cyclic esters (lactones) is 1.